The normalized spacial score (nSPS) is 11.3. The highest BCUT2D eigenvalue weighted by atomic mass is 33.1. The predicted octanol–water partition coefficient (Wildman–Crippen LogP) is 13.8. The lowest BCUT2D eigenvalue weighted by Crippen LogP contribution is -2.50. The van der Waals surface area contributed by atoms with E-state index in [4.69, 9.17) is 5.11 Å². The van der Waals surface area contributed by atoms with Gasteiger partial charge < -0.3 is 19.5 Å². The molecule has 0 radical (unpaired) electrons. The second-order valence-corrected chi connectivity index (χ2v) is 17.3. The topological polar surface area (TPSA) is 77.4 Å². The van der Waals surface area contributed by atoms with Gasteiger partial charge in [-0.1, -0.05) is 182 Å². The fourth-order valence-electron chi connectivity index (χ4n) is 7.09. The van der Waals surface area contributed by atoms with Crippen LogP contribution in [0.15, 0.2) is 58.3 Å². The Morgan fingerprint density at radius 2 is 0.755 bits per heavy atom. The van der Waals surface area contributed by atoms with Gasteiger partial charge >= 0.3 is 5.97 Å². The average molecular weight is 772 g/mol. The van der Waals surface area contributed by atoms with Gasteiger partial charge in [-0.3, -0.25) is 0 Å². The van der Waals surface area contributed by atoms with Gasteiger partial charge in [-0.25, -0.2) is 4.79 Å². The lowest BCUT2D eigenvalue weighted by molar-refractivity contribution is -0.929. The molecule has 0 saturated heterocycles. The minimum atomic E-state index is -1.25. The molecule has 2 aromatic rings. The first kappa shape index (κ1) is 49.1. The summed E-state index contributed by atoms with van der Waals surface area (Å²) < 4.78 is 1.48. The molecule has 0 atom stereocenters. The van der Waals surface area contributed by atoms with E-state index in [9.17, 15) is 14.7 Å². The summed E-state index contributed by atoms with van der Waals surface area (Å²) in [6, 6.07) is 13.0. The third-order valence-corrected chi connectivity index (χ3v) is 12.9. The number of carboxylic acid groups (broad SMARTS) is 2. The van der Waals surface area contributed by atoms with E-state index in [0.717, 1.165) is 0 Å². The molecule has 5 nitrogen and oxygen atoms in total. The zero-order valence-corrected chi connectivity index (χ0v) is 36.0. The van der Waals surface area contributed by atoms with Crippen molar-refractivity contribution in [3.8, 4) is 0 Å². The summed E-state index contributed by atoms with van der Waals surface area (Å²) in [6.45, 7) is 15.3. The van der Waals surface area contributed by atoms with Gasteiger partial charge in [0.1, 0.15) is 0 Å². The molecule has 0 bridgehead atoms. The Labute approximate surface area is 333 Å². The summed E-state index contributed by atoms with van der Waals surface area (Å²) in [6.07, 6.45) is 34.8. The number of aromatic carboxylic acids is 2. The molecule has 7 heteroatoms. The molecule has 0 aliphatic carbocycles. The van der Waals surface area contributed by atoms with Crippen LogP contribution in [0.1, 0.15) is 203 Å². The quantitative estimate of drug-likeness (QED) is 0.0442. The lowest BCUT2D eigenvalue weighted by atomic mass is 10.0. The van der Waals surface area contributed by atoms with Gasteiger partial charge in [0.25, 0.3) is 0 Å². The van der Waals surface area contributed by atoms with Crippen LogP contribution in [-0.2, 0) is 0 Å². The Bertz CT molecular complexity index is 1060. The third-order valence-electron chi connectivity index (χ3n) is 10.4. The summed E-state index contributed by atoms with van der Waals surface area (Å²) in [5.41, 5.74) is 0.286. The number of carboxylic acids is 2. The first-order valence-electron chi connectivity index (χ1n) is 21.7. The zero-order chi connectivity index (χ0) is 38.8. The van der Waals surface area contributed by atoms with Crippen molar-refractivity contribution in [2.75, 3.05) is 26.2 Å². The molecule has 53 heavy (non-hydrogen) atoms. The summed E-state index contributed by atoms with van der Waals surface area (Å²) >= 11 is 0. The van der Waals surface area contributed by atoms with E-state index < -0.39 is 11.9 Å². The van der Waals surface area contributed by atoms with E-state index in [1.54, 1.807) is 36.4 Å². The zero-order valence-electron chi connectivity index (χ0n) is 34.4. The van der Waals surface area contributed by atoms with Crippen molar-refractivity contribution in [1.82, 2.24) is 0 Å². The molecule has 2 aromatic carbocycles. The summed E-state index contributed by atoms with van der Waals surface area (Å²) in [5.74, 6) is -2.26. The smallest absolute Gasteiger partial charge is 0.336 e. The summed E-state index contributed by atoms with van der Waals surface area (Å²) in [4.78, 5) is 23.2. The monoisotopic (exact) mass is 772 g/mol. The van der Waals surface area contributed by atoms with Crippen LogP contribution in [0.3, 0.4) is 0 Å². The van der Waals surface area contributed by atoms with Crippen LogP contribution in [0, 0.1) is 0 Å². The Kier molecular flexibility index (Phi) is 30.9. The van der Waals surface area contributed by atoms with Crippen LogP contribution in [0.5, 0.6) is 0 Å². The first-order chi connectivity index (χ1) is 25.8. The highest BCUT2D eigenvalue weighted by molar-refractivity contribution is 8.76. The van der Waals surface area contributed by atoms with E-state index >= 15 is 0 Å². The Morgan fingerprint density at radius 3 is 1.08 bits per heavy atom. The highest BCUT2D eigenvalue weighted by Gasteiger charge is 2.25. The Morgan fingerprint density at radius 1 is 0.472 bits per heavy atom. The van der Waals surface area contributed by atoms with Crippen LogP contribution in [0.2, 0.25) is 0 Å². The van der Waals surface area contributed by atoms with Crippen LogP contribution in [-0.4, -0.2) is 47.7 Å². The van der Waals surface area contributed by atoms with Gasteiger partial charge in [0.05, 0.1) is 37.7 Å². The number of carbonyl (C=O) groups is 2. The summed E-state index contributed by atoms with van der Waals surface area (Å²) in [7, 11) is 2.40. The largest absolute Gasteiger partial charge is 0.545 e. The van der Waals surface area contributed by atoms with Gasteiger partial charge in [-0.2, -0.15) is 0 Å². The van der Waals surface area contributed by atoms with Crippen molar-refractivity contribution in [2.24, 2.45) is 0 Å². The molecule has 0 aliphatic heterocycles. The molecule has 0 saturated carbocycles. The van der Waals surface area contributed by atoms with Crippen molar-refractivity contribution in [1.29, 1.82) is 0 Å². The second-order valence-electron chi connectivity index (χ2n) is 15.1. The van der Waals surface area contributed by atoms with Gasteiger partial charge in [-0.15, -0.1) is 0 Å². The molecular formula is C46H77NO4S2. The fraction of sp³-hybridized carbons (Fsp3) is 0.696. The molecule has 0 heterocycles. The van der Waals surface area contributed by atoms with E-state index in [0.29, 0.717) is 9.79 Å². The fourth-order valence-corrected chi connectivity index (χ4v) is 9.44. The molecule has 0 amide bonds. The Hall–Kier alpha value is -1.96. The third kappa shape index (κ3) is 24.2. The molecule has 0 fully saturated rings. The maximum Gasteiger partial charge on any atom is 0.336 e. The van der Waals surface area contributed by atoms with Crippen molar-refractivity contribution in [3.63, 3.8) is 0 Å². The standard InChI is InChI=1S/C32H68N.C14H10O4S2/c1-5-9-13-17-21-25-29-33(30-26-22-18-14-10-6-2,31-27-23-19-15-11-7-3)32-28-24-20-16-12-8-4;15-13(16)9-5-1-3-7-11(9)19-20-12-8-4-2-6-10(12)14(17)18/h5-32H2,1-4H3;1-8H,(H,15,16)(H,17,18)/q+1;/p-1. The molecule has 0 aromatic heterocycles. The molecule has 302 valence electrons. The van der Waals surface area contributed by atoms with E-state index in [1.807, 2.05) is 0 Å². The SMILES string of the molecule is CCCCCCCC[N+](CCCCCCCC)(CCCCCCCC)CCCCCCCC.O=C([O-])c1ccccc1SSc1ccccc1C(=O)O. The average Bonchev–Trinajstić information content (AvgIpc) is 3.16. The maximum atomic E-state index is 11.1. The predicted molar refractivity (Wildman–Crippen MR) is 229 cm³/mol. The number of unbranched alkanes of at least 4 members (excludes halogenated alkanes) is 20. The van der Waals surface area contributed by atoms with Gasteiger partial charge in [0, 0.05) is 15.4 Å². The molecule has 2 rings (SSSR count). The van der Waals surface area contributed by atoms with E-state index in [-0.39, 0.29) is 11.1 Å². The van der Waals surface area contributed by atoms with Gasteiger partial charge in [0.15, 0.2) is 0 Å². The second kappa shape index (κ2) is 33.4. The van der Waals surface area contributed by atoms with Gasteiger partial charge in [0.2, 0.25) is 0 Å². The number of benzene rings is 2. The summed E-state index contributed by atoms with van der Waals surface area (Å²) in [5, 5.41) is 20.1. The molecule has 0 aliphatic rings. The highest BCUT2D eigenvalue weighted by Crippen LogP contribution is 2.40. The Balaban J connectivity index is 0.000000593. The van der Waals surface area contributed by atoms with Crippen LogP contribution in [0.25, 0.3) is 0 Å². The van der Waals surface area contributed by atoms with E-state index in [2.05, 4.69) is 27.7 Å². The molecule has 0 spiro atoms. The maximum absolute atomic E-state index is 11.1. The van der Waals surface area contributed by atoms with Crippen molar-refractivity contribution < 1.29 is 24.3 Å². The number of hydrogen-bond donors (Lipinski definition) is 1. The molecule has 1 N–H and O–H groups in total. The first-order valence-corrected chi connectivity index (χ1v) is 23.8. The molecule has 0 unspecified atom stereocenters. The minimum absolute atomic E-state index is 0.0952. The van der Waals surface area contributed by atoms with E-state index in [1.165, 1.54) is 218 Å². The van der Waals surface area contributed by atoms with Crippen LogP contribution < -0.4 is 5.11 Å². The minimum Gasteiger partial charge on any atom is -0.545 e. The van der Waals surface area contributed by atoms with Crippen molar-refractivity contribution in [2.45, 2.75) is 192 Å². The van der Waals surface area contributed by atoms with Gasteiger partial charge in [-0.05, 0) is 69.6 Å². The number of carbonyl (C=O) groups excluding carboxylic acids is 1. The molecular weight excluding hydrogens is 695 g/mol. The number of nitrogens with zero attached hydrogens (tertiary/aromatic N) is 1. The number of hydrogen-bond acceptors (Lipinski definition) is 5. The number of quaternary nitrogens is 1. The number of rotatable bonds is 33. The van der Waals surface area contributed by atoms with Crippen LogP contribution in [0.4, 0.5) is 0 Å². The lowest BCUT2D eigenvalue weighted by Gasteiger charge is -2.40. The van der Waals surface area contributed by atoms with Crippen molar-refractivity contribution in [3.05, 3.63) is 59.7 Å². The van der Waals surface area contributed by atoms with Crippen molar-refractivity contribution >= 4 is 33.5 Å². The van der Waals surface area contributed by atoms with Crippen LogP contribution >= 0.6 is 21.6 Å².